The molecule has 0 unspecified atom stereocenters. The van der Waals surface area contributed by atoms with E-state index in [4.69, 9.17) is 4.98 Å². The number of likely N-dealkylation sites (tertiary alicyclic amines) is 1. The van der Waals surface area contributed by atoms with Crippen LogP contribution in [-0.4, -0.2) is 44.1 Å². The maximum Gasteiger partial charge on any atom is 0.160 e. The number of aryl methyl sites for hydroxylation is 2. The van der Waals surface area contributed by atoms with Crippen molar-refractivity contribution in [2.75, 3.05) is 19.6 Å². The van der Waals surface area contributed by atoms with Crippen LogP contribution in [0, 0.1) is 0 Å². The van der Waals surface area contributed by atoms with Crippen LogP contribution in [-0.2, 0) is 12.8 Å². The molecule has 1 aliphatic heterocycles. The lowest BCUT2D eigenvalue weighted by atomic mass is 9.92. The number of rotatable bonds is 7. The second-order valence-electron chi connectivity index (χ2n) is 7.54. The maximum absolute atomic E-state index is 4.73. The van der Waals surface area contributed by atoms with Gasteiger partial charge in [-0.3, -0.25) is 9.55 Å². The van der Waals surface area contributed by atoms with Crippen molar-refractivity contribution in [1.29, 1.82) is 0 Å². The van der Waals surface area contributed by atoms with Crippen LogP contribution in [0.1, 0.15) is 49.2 Å². The molecule has 0 radical (unpaired) electrons. The minimum atomic E-state index is 0.473. The first kappa shape index (κ1) is 18.8. The molecule has 0 aliphatic carbocycles. The summed E-state index contributed by atoms with van der Waals surface area (Å²) in [6.07, 6.45) is 13.0. The predicted octanol–water partition coefficient (Wildman–Crippen LogP) is 4.04. The van der Waals surface area contributed by atoms with E-state index in [0.717, 1.165) is 56.1 Å². The molecule has 0 spiro atoms. The number of hydrogen-bond donors (Lipinski definition) is 0. The Balaban J connectivity index is 1.35. The van der Waals surface area contributed by atoms with Crippen molar-refractivity contribution in [3.8, 4) is 5.82 Å². The zero-order valence-electron chi connectivity index (χ0n) is 16.7. The van der Waals surface area contributed by atoms with Gasteiger partial charge in [-0.1, -0.05) is 37.3 Å². The molecule has 0 atom stereocenters. The van der Waals surface area contributed by atoms with Crippen LogP contribution >= 0.6 is 0 Å². The Hall–Kier alpha value is -2.53. The fourth-order valence-corrected chi connectivity index (χ4v) is 4.19. The largest absolute Gasteiger partial charge is 0.303 e. The van der Waals surface area contributed by atoms with Gasteiger partial charge in [-0.05, 0) is 50.9 Å². The van der Waals surface area contributed by atoms with E-state index in [9.17, 15) is 0 Å². The van der Waals surface area contributed by atoms with Gasteiger partial charge in [-0.2, -0.15) is 0 Å². The first-order chi connectivity index (χ1) is 13.8. The maximum atomic E-state index is 4.73. The van der Waals surface area contributed by atoms with Gasteiger partial charge in [0.1, 0.15) is 5.82 Å². The van der Waals surface area contributed by atoms with Crippen LogP contribution in [0.25, 0.3) is 5.82 Å². The van der Waals surface area contributed by atoms with Crippen molar-refractivity contribution < 1.29 is 0 Å². The van der Waals surface area contributed by atoms with Crippen molar-refractivity contribution in [2.24, 2.45) is 0 Å². The third kappa shape index (κ3) is 4.30. The Morgan fingerprint density at radius 3 is 2.54 bits per heavy atom. The molecule has 3 heterocycles. The van der Waals surface area contributed by atoms with Crippen LogP contribution in [0.15, 0.2) is 55.1 Å². The Bertz CT molecular complexity index is 865. The van der Waals surface area contributed by atoms with E-state index in [0.29, 0.717) is 5.92 Å². The molecular weight excluding hydrogens is 346 g/mol. The number of benzene rings is 1. The molecule has 1 aromatic carbocycles. The molecule has 1 fully saturated rings. The van der Waals surface area contributed by atoms with Crippen molar-refractivity contribution in [1.82, 2.24) is 24.4 Å². The highest BCUT2D eigenvalue weighted by Crippen LogP contribution is 2.30. The molecule has 5 heteroatoms. The van der Waals surface area contributed by atoms with E-state index in [1.807, 2.05) is 18.6 Å². The minimum absolute atomic E-state index is 0.473. The number of piperidine rings is 1. The Morgan fingerprint density at radius 1 is 0.964 bits per heavy atom. The Kier molecular flexibility index (Phi) is 6.12. The molecule has 0 N–H and O–H groups in total. The molecule has 0 saturated carbocycles. The molecule has 1 saturated heterocycles. The van der Waals surface area contributed by atoms with Gasteiger partial charge in [0.25, 0.3) is 0 Å². The molecule has 0 amide bonds. The average Bonchev–Trinajstić information content (AvgIpc) is 3.24. The van der Waals surface area contributed by atoms with Gasteiger partial charge >= 0.3 is 0 Å². The zero-order valence-corrected chi connectivity index (χ0v) is 16.7. The number of hydrogen-bond acceptors (Lipinski definition) is 4. The Labute approximate surface area is 167 Å². The second kappa shape index (κ2) is 9.11. The monoisotopic (exact) mass is 375 g/mol. The predicted molar refractivity (Wildman–Crippen MR) is 112 cm³/mol. The molecule has 28 heavy (non-hydrogen) atoms. The van der Waals surface area contributed by atoms with Gasteiger partial charge in [0, 0.05) is 37.1 Å². The Morgan fingerprint density at radius 2 is 1.75 bits per heavy atom. The topological polar surface area (TPSA) is 46.8 Å². The molecular formula is C23H29N5. The molecule has 2 aromatic heterocycles. The van der Waals surface area contributed by atoms with Crippen LogP contribution in [0.5, 0.6) is 0 Å². The van der Waals surface area contributed by atoms with Crippen molar-refractivity contribution in [3.05, 3.63) is 72.2 Å². The van der Waals surface area contributed by atoms with E-state index in [1.54, 1.807) is 6.20 Å². The summed E-state index contributed by atoms with van der Waals surface area (Å²) in [5, 5.41) is 0. The summed E-state index contributed by atoms with van der Waals surface area (Å²) >= 11 is 0. The molecule has 3 aromatic rings. The normalized spacial score (nSPS) is 15.8. The highest BCUT2D eigenvalue weighted by Gasteiger charge is 2.25. The van der Waals surface area contributed by atoms with Gasteiger partial charge in [-0.15, -0.1) is 0 Å². The molecule has 146 valence electrons. The minimum Gasteiger partial charge on any atom is -0.303 e. The van der Waals surface area contributed by atoms with Crippen molar-refractivity contribution in [3.63, 3.8) is 0 Å². The quantitative estimate of drug-likeness (QED) is 0.625. The molecule has 5 nitrogen and oxygen atoms in total. The number of nitrogens with zero attached hydrogens (tertiary/aromatic N) is 5. The van der Waals surface area contributed by atoms with E-state index in [2.05, 4.69) is 56.7 Å². The van der Waals surface area contributed by atoms with Crippen molar-refractivity contribution >= 4 is 0 Å². The highest BCUT2D eigenvalue weighted by atomic mass is 15.1. The number of aromatic nitrogens is 4. The van der Waals surface area contributed by atoms with Gasteiger partial charge in [0.2, 0.25) is 0 Å². The van der Waals surface area contributed by atoms with E-state index < -0.39 is 0 Å². The lowest BCUT2D eigenvalue weighted by Crippen LogP contribution is -2.34. The van der Waals surface area contributed by atoms with Gasteiger partial charge < -0.3 is 4.90 Å². The summed E-state index contributed by atoms with van der Waals surface area (Å²) in [5.41, 5.74) is 2.56. The lowest BCUT2D eigenvalue weighted by Gasteiger charge is -2.32. The van der Waals surface area contributed by atoms with Crippen molar-refractivity contribution in [2.45, 2.75) is 44.9 Å². The molecule has 4 rings (SSSR count). The summed E-state index contributed by atoms with van der Waals surface area (Å²) in [5.74, 6) is 2.47. The van der Waals surface area contributed by atoms with Crippen LogP contribution < -0.4 is 0 Å². The summed E-state index contributed by atoms with van der Waals surface area (Å²) < 4.78 is 2.11. The highest BCUT2D eigenvalue weighted by molar-refractivity contribution is 5.33. The van der Waals surface area contributed by atoms with Gasteiger partial charge in [-0.25, -0.2) is 9.97 Å². The first-order valence-corrected chi connectivity index (χ1v) is 10.4. The molecule has 1 aliphatic rings. The SMILES string of the molecule is CCc1nccn1-c1nccnc1C1CCN(CCCc2ccccc2)CC1. The van der Waals surface area contributed by atoms with Gasteiger partial charge in [0.15, 0.2) is 5.82 Å². The first-order valence-electron chi connectivity index (χ1n) is 10.4. The number of imidazole rings is 1. The summed E-state index contributed by atoms with van der Waals surface area (Å²) in [4.78, 5) is 16.4. The zero-order chi connectivity index (χ0) is 19.2. The summed E-state index contributed by atoms with van der Waals surface area (Å²) in [6, 6.07) is 10.8. The standard InChI is InChI=1S/C23H29N5/c1-2-21-24-14-18-28(21)23-22(25-12-13-26-23)20-10-16-27(17-11-20)15-6-9-19-7-4-3-5-8-19/h3-5,7-8,12-14,18,20H,2,6,9-11,15-17H2,1H3. The van der Waals surface area contributed by atoms with E-state index >= 15 is 0 Å². The molecule has 0 bridgehead atoms. The second-order valence-corrected chi connectivity index (χ2v) is 7.54. The fraction of sp³-hybridized carbons (Fsp3) is 0.435. The average molecular weight is 376 g/mol. The smallest absolute Gasteiger partial charge is 0.160 e. The summed E-state index contributed by atoms with van der Waals surface area (Å²) in [6.45, 7) is 5.58. The van der Waals surface area contributed by atoms with E-state index in [-0.39, 0.29) is 0 Å². The van der Waals surface area contributed by atoms with Crippen LogP contribution in [0.2, 0.25) is 0 Å². The van der Waals surface area contributed by atoms with E-state index in [1.165, 1.54) is 18.5 Å². The lowest BCUT2D eigenvalue weighted by molar-refractivity contribution is 0.208. The third-order valence-electron chi connectivity index (χ3n) is 5.72. The van der Waals surface area contributed by atoms with Crippen LogP contribution in [0.3, 0.4) is 0 Å². The summed E-state index contributed by atoms with van der Waals surface area (Å²) in [7, 11) is 0. The van der Waals surface area contributed by atoms with Crippen LogP contribution in [0.4, 0.5) is 0 Å². The van der Waals surface area contributed by atoms with Gasteiger partial charge in [0.05, 0.1) is 5.69 Å². The third-order valence-corrected chi connectivity index (χ3v) is 5.72. The fourth-order valence-electron chi connectivity index (χ4n) is 4.19.